The van der Waals surface area contributed by atoms with Gasteiger partial charge in [-0.3, -0.25) is 4.79 Å². The van der Waals surface area contributed by atoms with E-state index in [1.807, 2.05) is 12.1 Å². The van der Waals surface area contributed by atoms with Gasteiger partial charge in [-0.25, -0.2) is 9.98 Å². The van der Waals surface area contributed by atoms with E-state index in [-0.39, 0.29) is 35.8 Å². The number of hydrogen-bond donors (Lipinski definition) is 3. The van der Waals surface area contributed by atoms with E-state index in [9.17, 15) is 4.79 Å². The van der Waals surface area contributed by atoms with E-state index in [4.69, 9.17) is 11.5 Å². The summed E-state index contributed by atoms with van der Waals surface area (Å²) in [7, 11) is 0. The molecular formula is C19H33IN6O. The Hall–Kier alpha value is -1.58. The molecule has 1 saturated heterocycles. The first-order valence-electron chi connectivity index (χ1n) is 9.63. The number of nitrogens with zero attached hydrogens (tertiary/aromatic N) is 3. The number of carbonyl (C=O) groups is 1. The Morgan fingerprint density at radius 1 is 1.30 bits per heavy atom. The SMILES string of the molecule is CCCCCCNC(N)=NCc1cccnc1N1CCC(C(N)=O)CC1.I. The summed E-state index contributed by atoms with van der Waals surface area (Å²) in [5.74, 6) is 1.18. The number of hydrogen-bond acceptors (Lipinski definition) is 4. The van der Waals surface area contributed by atoms with Crippen molar-refractivity contribution >= 4 is 41.7 Å². The van der Waals surface area contributed by atoms with E-state index in [0.29, 0.717) is 12.5 Å². The molecule has 0 unspecified atom stereocenters. The Morgan fingerprint density at radius 2 is 2.04 bits per heavy atom. The molecule has 27 heavy (non-hydrogen) atoms. The maximum atomic E-state index is 11.3. The fraction of sp³-hybridized carbons (Fsp3) is 0.632. The lowest BCUT2D eigenvalue weighted by Gasteiger charge is -2.32. The van der Waals surface area contributed by atoms with Crippen LogP contribution in [0.3, 0.4) is 0 Å². The monoisotopic (exact) mass is 488 g/mol. The number of halogens is 1. The molecule has 1 fully saturated rings. The molecule has 0 saturated carbocycles. The topological polar surface area (TPSA) is 110 Å². The molecule has 2 heterocycles. The first-order chi connectivity index (χ1) is 12.6. The third-order valence-corrected chi connectivity index (χ3v) is 4.82. The second-order valence-corrected chi connectivity index (χ2v) is 6.84. The average Bonchev–Trinajstić information content (AvgIpc) is 2.66. The number of carbonyl (C=O) groups excluding carboxylic acids is 1. The molecule has 0 spiro atoms. The van der Waals surface area contributed by atoms with Crippen molar-refractivity contribution in [1.29, 1.82) is 0 Å². The molecule has 1 aliphatic rings. The number of nitrogens with one attached hydrogen (secondary N) is 1. The number of guanidine groups is 1. The number of piperidine rings is 1. The maximum absolute atomic E-state index is 11.3. The Labute approximate surface area is 179 Å². The molecule has 2 rings (SSSR count). The summed E-state index contributed by atoms with van der Waals surface area (Å²) < 4.78 is 0. The van der Waals surface area contributed by atoms with Crippen LogP contribution in [0.5, 0.6) is 0 Å². The molecule has 1 aromatic rings. The number of anilines is 1. The molecule has 1 amide bonds. The lowest BCUT2D eigenvalue weighted by atomic mass is 9.96. The summed E-state index contributed by atoms with van der Waals surface area (Å²) in [6.07, 6.45) is 8.14. The number of rotatable bonds is 9. The number of primary amides is 1. The number of aliphatic imine (C=N–C) groups is 1. The van der Waals surface area contributed by atoms with E-state index < -0.39 is 0 Å². The summed E-state index contributed by atoms with van der Waals surface area (Å²) in [5.41, 5.74) is 12.4. The van der Waals surface area contributed by atoms with Gasteiger partial charge >= 0.3 is 0 Å². The van der Waals surface area contributed by atoms with Crippen molar-refractivity contribution in [3.63, 3.8) is 0 Å². The van der Waals surface area contributed by atoms with Gasteiger partial charge in [0.05, 0.1) is 6.54 Å². The van der Waals surface area contributed by atoms with Gasteiger partial charge in [0.15, 0.2) is 5.96 Å². The highest BCUT2D eigenvalue weighted by Gasteiger charge is 2.24. The van der Waals surface area contributed by atoms with Gasteiger partial charge in [-0.15, -0.1) is 24.0 Å². The Balaban J connectivity index is 0.00000364. The predicted octanol–water partition coefficient (Wildman–Crippen LogP) is 2.39. The Bertz CT molecular complexity index is 602. The number of aromatic nitrogens is 1. The number of unbranched alkanes of at least 4 members (excludes halogenated alkanes) is 3. The van der Waals surface area contributed by atoms with Crippen LogP contribution in [0, 0.1) is 5.92 Å². The number of nitrogens with two attached hydrogens (primary N) is 2. The molecule has 0 aliphatic carbocycles. The molecule has 0 bridgehead atoms. The molecule has 0 aromatic carbocycles. The highest BCUT2D eigenvalue weighted by Crippen LogP contribution is 2.24. The highest BCUT2D eigenvalue weighted by molar-refractivity contribution is 14.0. The first-order valence-corrected chi connectivity index (χ1v) is 9.63. The molecule has 7 nitrogen and oxygen atoms in total. The van der Waals surface area contributed by atoms with Crippen LogP contribution in [0.4, 0.5) is 5.82 Å². The number of amides is 1. The summed E-state index contributed by atoms with van der Waals surface area (Å²) in [6, 6.07) is 3.94. The smallest absolute Gasteiger partial charge is 0.220 e. The van der Waals surface area contributed by atoms with Crippen LogP contribution >= 0.6 is 24.0 Å². The van der Waals surface area contributed by atoms with Crippen molar-refractivity contribution < 1.29 is 4.79 Å². The van der Waals surface area contributed by atoms with E-state index in [1.54, 1.807) is 6.20 Å². The summed E-state index contributed by atoms with van der Waals surface area (Å²) in [6.45, 7) is 5.12. The van der Waals surface area contributed by atoms with Crippen molar-refractivity contribution in [2.24, 2.45) is 22.4 Å². The lowest BCUT2D eigenvalue weighted by Crippen LogP contribution is -2.39. The van der Waals surface area contributed by atoms with Crippen LogP contribution in [-0.2, 0) is 11.3 Å². The van der Waals surface area contributed by atoms with Gasteiger partial charge in [-0.1, -0.05) is 32.3 Å². The van der Waals surface area contributed by atoms with Crippen molar-refractivity contribution in [3.05, 3.63) is 23.9 Å². The predicted molar refractivity (Wildman–Crippen MR) is 121 cm³/mol. The highest BCUT2D eigenvalue weighted by atomic mass is 127. The maximum Gasteiger partial charge on any atom is 0.220 e. The Kier molecular flexibility index (Phi) is 11.1. The van der Waals surface area contributed by atoms with Gasteiger partial charge in [-0.05, 0) is 25.3 Å². The quantitative estimate of drug-likeness (QED) is 0.214. The van der Waals surface area contributed by atoms with E-state index in [0.717, 1.165) is 50.3 Å². The average molecular weight is 488 g/mol. The fourth-order valence-corrected chi connectivity index (χ4v) is 3.21. The zero-order valence-corrected chi connectivity index (χ0v) is 18.5. The van der Waals surface area contributed by atoms with Crippen molar-refractivity contribution in [3.8, 4) is 0 Å². The number of pyridine rings is 1. The van der Waals surface area contributed by atoms with Crippen LogP contribution in [0.1, 0.15) is 51.0 Å². The van der Waals surface area contributed by atoms with E-state index in [2.05, 4.69) is 27.1 Å². The van der Waals surface area contributed by atoms with Crippen molar-refractivity contribution in [2.75, 3.05) is 24.5 Å². The van der Waals surface area contributed by atoms with Crippen LogP contribution in [0.2, 0.25) is 0 Å². The molecule has 8 heteroatoms. The van der Waals surface area contributed by atoms with Gasteiger partial charge in [-0.2, -0.15) is 0 Å². The first kappa shape index (κ1) is 23.5. The van der Waals surface area contributed by atoms with Gasteiger partial charge in [0.2, 0.25) is 5.91 Å². The van der Waals surface area contributed by atoms with Crippen LogP contribution < -0.4 is 21.7 Å². The van der Waals surface area contributed by atoms with Gasteiger partial charge in [0.1, 0.15) is 5.82 Å². The van der Waals surface area contributed by atoms with Gasteiger partial charge < -0.3 is 21.7 Å². The molecule has 1 aliphatic heterocycles. The van der Waals surface area contributed by atoms with Crippen molar-refractivity contribution in [1.82, 2.24) is 10.3 Å². The molecule has 152 valence electrons. The minimum atomic E-state index is -0.201. The van der Waals surface area contributed by atoms with Crippen LogP contribution in [0.15, 0.2) is 23.3 Å². The minimum absolute atomic E-state index is 0. The summed E-state index contributed by atoms with van der Waals surface area (Å²) in [5, 5.41) is 3.17. The van der Waals surface area contributed by atoms with Crippen molar-refractivity contribution in [2.45, 2.75) is 52.0 Å². The third kappa shape index (κ3) is 7.90. The third-order valence-electron chi connectivity index (χ3n) is 4.82. The van der Waals surface area contributed by atoms with Gasteiger partial charge in [0, 0.05) is 37.3 Å². The molecule has 0 atom stereocenters. The van der Waals surface area contributed by atoms with Crippen LogP contribution in [0.25, 0.3) is 0 Å². The fourth-order valence-electron chi connectivity index (χ4n) is 3.21. The normalized spacial score (nSPS) is 15.3. The van der Waals surface area contributed by atoms with Gasteiger partial charge in [0.25, 0.3) is 0 Å². The lowest BCUT2D eigenvalue weighted by molar-refractivity contribution is -0.122. The minimum Gasteiger partial charge on any atom is -0.370 e. The molecular weight excluding hydrogens is 455 g/mol. The van der Waals surface area contributed by atoms with Crippen LogP contribution in [-0.4, -0.2) is 36.5 Å². The molecule has 1 aromatic heterocycles. The summed E-state index contributed by atoms with van der Waals surface area (Å²) >= 11 is 0. The van der Waals surface area contributed by atoms with E-state index >= 15 is 0 Å². The molecule has 5 N–H and O–H groups in total. The zero-order chi connectivity index (χ0) is 18.8. The van der Waals surface area contributed by atoms with E-state index in [1.165, 1.54) is 19.3 Å². The zero-order valence-electron chi connectivity index (χ0n) is 16.2. The molecule has 0 radical (unpaired) electrons. The second-order valence-electron chi connectivity index (χ2n) is 6.84. The Morgan fingerprint density at radius 3 is 2.70 bits per heavy atom. The second kappa shape index (κ2) is 12.7. The standard InChI is InChI=1S/C19H32N6O.HI/c1-2-3-4-5-10-23-19(21)24-14-16-7-6-11-22-18(16)25-12-8-15(9-13-25)17(20)26;/h6-7,11,15H,2-5,8-10,12-14H2,1H3,(H2,20,26)(H3,21,23,24);1H. The summed E-state index contributed by atoms with van der Waals surface area (Å²) in [4.78, 5) is 22.5. The largest absolute Gasteiger partial charge is 0.370 e.